The summed E-state index contributed by atoms with van der Waals surface area (Å²) in [5.41, 5.74) is -0.782. The fourth-order valence-corrected chi connectivity index (χ4v) is 5.97. The highest BCUT2D eigenvalue weighted by Crippen LogP contribution is 2.33. The first-order chi connectivity index (χ1) is 15.7. The summed E-state index contributed by atoms with van der Waals surface area (Å²) in [5.74, 6) is -0.742. The molecular weight excluding hydrogens is 448 g/mol. The molecule has 10 nitrogen and oxygen atoms in total. The highest BCUT2D eigenvalue weighted by Gasteiger charge is 2.51. The van der Waals surface area contributed by atoms with Gasteiger partial charge in [-0.1, -0.05) is 39.5 Å². The van der Waals surface area contributed by atoms with Crippen LogP contribution < -0.4 is 15.4 Å². The van der Waals surface area contributed by atoms with Crippen LogP contribution in [0.1, 0.15) is 52.4 Å². The normalized spacial score (nSPS) is 18.4. The van der Waals surface area contributed by atoms with Crippen molar-refractivity contribution in [3.05, 3.63) is 18.2 Å². The number of amides is 4. The van der Waals surface area contributed by atoms with Gasteiger partial charge in [-0.25, -0.2) is 13.2 Å². The summed E-state index contributed by atoms with van der Waals surface area (Å²) in [6.07, 6.45) is 4.84. The summed E-state index contributed by atoms with van der Waals surface area (Å²) in [4.78, 5) is 39.3. The zero-order chi connectivity index (χ0) is 24.2. The zero-order valence-corrected chi connectivity index (χ0v) is 20.2. The SMILES string of the molecule is CCN(CC)S(=O)(=O)c1ccc(OC)c(NC(=O)CN2C(=O)NC3(CCCCCC3)C2=O)c1. The Kier molecular flexibility index (Phi) is 7.63. The van der Waals surface area contributed by atoms with Gasteiger partial charge in [0, 0.05) is 13.1 Å². The van der Waals surface area contributed by atoms with Gasteiger partial charge in [-0.3, -0.25) is 14.5 Å². The van der Waals surface area contributed by atoms with Crippen LogP contribution in [-0.2, 0) is 19.6 Å². The van der Waals surface area contributed by atoms with Crippen LogP contribution >= 0.6 is 0 Å². The summed E-state index contributed by atoms with van der Waals surface area (Å²) < 4.78 is 32.3. The van der Waals surface area contributed by atoms with Gasteiger partial charge in [0.2, 0.25) is 15.9 Å². The molecular formula is C22H32N4O6S. The number of urea groups is 1. The molecule has 0 unspecified atom stereocenters. The molecule has 3 rings (SSSR count). The highest BCUT2D eigenvalue weighted by atomic mass is 32.2. The molecule has 1 saturated carbocycles. The van der Waals surface area contributed by atoms with Crippen LogP contribution in [0.3, 0.4) is 0 Å². The minimum atomic E-state index is -3.75. The van der Waals surface area contributed by atoms with E-state index in [0.29, 0.717) is 25.9 Å². The Morgan fingerprint density at radius 3 is 2.36 bits per heavy atom. The Bertz CT molecular complexity index is 1010. The maximum absolute atomic E-state index is 13.0. The van der Waals surface area contributed by atoms with E-state index < -0.39 is 34.0 Å². The van der Waals surface area contributed by atoms with Gasteiger partial charge in [0.1, 0.15) is 17.8 Å². The highest BCUT2D eigenvalue weighted by molar-refractivity contribution is 7.89. The molecule has 0 bridgehead atoms. The van der Waals surface area contributed by atoms with Crippen molar-refractivity contribution in [1.82, 2.24) is 14.5 Å². The Labute approximate surface area is 194 Å². The number of hydrogen-bond acceptors (Lipinski definition) is 6. The summed E-state index contributed by atoms with van der Waals surface area (Å²) in [6, 6.07) is 3.61. The molecule has 2 fully saturated rings. The fraction of sp³-hybridized carbons (Fsp3) is 0.591. The second kappa shape index (κ2) is 10.1. The minimum Gasteiger partial charge on any atom is -0.495 e. The number of nitrogens with one attached hydrogen (secondary N) is 2. The largest absolute Gasteiger partial charge is 0.495 e. The van der Waals surface area contributed by atoms with Gasteiger partial charge in [0.25, 0.3) is 5.91 Å². The minimum absolute atomic E-state index is 0.00898. The first-order valence-electron chi connectivity index (χ1n) is 11.3. The molecule has 11 heteroatoms. The summed E-state index contributed by atoms with van der Waals surface area (Å²) in [5, 5.41) is 5.40. The third-order valence-corrected chi connectivity index (χ3v) is 8.34. The van der Waals surface area contributed by atoms with E-state index in [9.17, 15) is 22.8 Å². The van der Waals surface area contributed by atoms with Gasteiger partial charge in [0.05, 0.1) is 17.7 Å². The van der Waals surface area contributed by atoms with Gasteiger partial charge in [0.15, 0.2) is 0 Å². The third-order valence-electron chi connectivity index (χ3n) is 6.29. The standard InChI is InChI=1S/C22H32N4O6S/c1-4-25(5-2)33(30,31)16-10-11-18(32-3)17(14-16)23-19(27)15-26-20(28)22(24-21(26)29)12-8-6-7-9-13-22/h10-11,14H,4-9,12-13,15H2,1-3H3,(H,23,27)(H,24,29). The number of methoxy groups -OCH3 is 1. The lowest BCUT2D eigenvalue weighted by molar-refractivity contribution is -0.134. The predicted octanol–water partition coefficient (Wildman–Crippen LogP) is 2.31. The van der Waals surface area contributed by atoms with Crippen LogP contribution in [0, 0.1) is 0 Å². The van der Waals surface area contributed by atoms with Crippen LogP contribution in [0.2, 0.25) is 0 Å². The number of carbonyl (C=O) groups is 3. The van der Waals surface area contributed by atoms with Gasteiger partial charge in [-0.05, 0) is 31.0 Å². The van der Waals surface area contributed by atoms with Crippen LogP contribution in [0.4, 0.5) is 10.5 Å². The van der Waals surface area contributed by atoms with Gasteiger partial charge in [-0.15, -0.1) is 0 Å². The van der Waals surface area contributed by atoms with Crippen LogP contribution in [0.25, 0.3) is 0 Å². The molecule has 0 aromatic heterocycles. The number of imide groups is 1. The van der Waals surface area contributed by atoms with E-state index in [1.54, 1.807) is 13.8 Å². The van der Waals surface area contributed by atoms with E-state index in [1.807, 2.05) is 0 Å². The lowest BCUT2D eigenvalue weighted by atomic mass is 9.90. The monoisotopic (exact) mass is 480 g/mol. The van der Waals surface area contributed by atoms with Crippen molar-refractivity contribution >= 4 is 33.6 Å². The molecule has 1 aromatic carbocycles. The number of hydrogen-bond donors (Lipinski definition) is 2. The lowest BCUT2D eigenvalue weighted by Gasteiger charge is -2.24. The predicted molar refractivity (Wildman–Crippen MR) is 122 cm³/mol. The van der Waals surface area contributed by atoms with E-state index in [0.717, 1.165) is 30.6 Å². The molecule has 1 spiro atoms. The van der Waals surface area contributed by atoms with Crippen LogP contribution in [0.15, 0.2) is 23.1 Å². The average Bonchev–Trinajstić information content (AvgIpc) is 2.94. The Balaban J connectivity index is 1.78. The summed E-state index contributed by atoms with van der Waals surface area (Å²) in [7, 11) is -2.35. The van der Waals surface area contributed by atoms with E-state index in [4.69, 9.17) is 4.74 Å². The van der Waals surface area contributed by atoms with Crippen molar-refractivity contribution in [3.8, 4) is 5.75 Å². The number of nitrogens with zero attached hydrogens (tertiary/aromatic N) is 2. The topological polar surface area (TPSA) is 125 Å². The molecule has 1 saturated heterocycles. The molecule has 1 aliphatic carbocycles. The number of ether oxygens (including phenoxy) is 1. The number of rotatable bonds is 8. The molecule has 4 amide bonds. The smallest absolute Gasteiger partial charge is 0.325 e. The number of sulfonamides is 1. The van der Waals surface area contributed by atoms with Gasteiger partial charge < -0.3 is 15.4 Å². The first kappa shape index (κ1) is 25.0. The third kappa shape index (κ3) is 4.98. The molecule has 1 aliphatic heterocycles. The molecule has 2 N–H and O–H groups in total. The Morgan fingerprint density at radius 1 is 1.15 bits per heavy atom. The van der Waals surface area contributed by atoms with Crippen molar-refractivity contribution in [2.75, 3.05) is 32.1 Å². The average molecular weight is 481 g/mol. The first-order valence-corrected chi connectivity index (χ1v) is 12.7. The van der Waals surface area contributed by atoms with Crippen LogP contribution in [-0.4, -0.2) is 67.8 Å². The molecule has 1 aromatic rings. The molecule has 182 valence electrons. The second-order valence-electron chi connectivity index (χ2n) is 8.32. The second-order valence-corrected chi connectivity index (χ2v) is 10.3. The van der Waals surface area contributed by atoms with Crippen molar-refractivity contribution in [2.24, 2.45) is 0 Å². The van der Waals surface area contributed by atoms with E-state index in [-0.39, 0.29) is 22.2 Å². The van der Waals surface area contributed by atoms with E-state index in [2.05, 4.69) is 10.6 Å². The molecule has 1 heterocycles. The quantitative estimate of drug-likeness (QED) is 0.550. The van der Waals surface area contributed by atoms with Crippen LogP contribution in [0.5, 0.6) is 5.75 Å². The van der Waals surface area contributed by atoms with Gasteiger partial charge in [-0.2, -0.15) is 4.31 Å². The summed E-state index contributed by atoms with van der Waals surface area (Å²) >= 11 is 0. The Hall–Kier alpha value is -2.66. The maximum atomic E-state index is 13.0. The zero-order valence-electron chi connectivity index (χ0n) is 19.3. The molecule has 0 atom stereocenters. The molecule has 0 radical (unpaired) electrons. The fourth-order valence-electron chi connectivity index (χ4n) is 4.48. The van der Waals surface area contributed by atoms with Crippen molar-refractivity contribution in [2.45, 2.75) is 62.8 Å². The number of anilines is 1. The lowest BCUT2D eigenvalue weighted by Crippen LogP contribution is -2.47. The summed E-state index contributed by atoms with van der Waals surface area (Å²) in [6.45, 7) is 3.63. The van der Waals surface area contributed by atoms with Crippen molar-refractivity contribution in [1.29, 1.82) is 0 Å². The van der Waals surface area contributed by atoms with Crippen molar-refractivity contribution in [3.63, 3.8) is 0 Å². The molecule has 33 heavy (non-hydrogen) atoms. The van der Waals surface area contributed by atoms with E-state index >= 15 is 0 Å². The molecule has 2 aliphatic rings. The van der Waals surface area contributed by atoms with Gasteiger partial charge >= 0.3 is 6.03 Å². The van der Waals surface area contributed by atoms with Crippen molar-refractivity contribution < 1.29 is 27.5 Å². The Morgan fingerprint density at radius 2 is 1.79 bits per heavy atom. The maximum Gasteiger partial charge on any atom is 0.325 e. The number of benzene rings is 1. The van der Waals surface area contributed by atoms with E-state index in [1.165, 1.54) is 29.6 Å². The number of carbonyl (C=O) groups excluding carboxylic acids is 3.